The summed E-state index contributed by atoms with van der Waals surface area (Å²) in [5, 5.41) is 26.6. The summed E-state index contributed by atoms with van der Waals surface area (Å²) in [6.45, 7) is 14.2. The Morgan fingerprint density at radius 2 is 1.52 bits per heavy atom. The third-order valence-corrected chi connectivity index (χ3v) is 9.05. The Kier molecular flexibility index (Phi) is 17.4. The van der Waals surface area contributed by atoms with E-state index in [1.807, 2.05) is 25.7 Å². The summed E-state index contributed by atoms with van der Waals surface area (Å²) in [6.07, 6.45) is 7.33. The first-order valence-electron chi connectivity index (χ1n) is 17.4. The zero-order valence-corrected chi connectivity index (χ0v) is 28.4. The molecule has 2 aliphatic rings. The summed E-state index contributed by atoms with van der Waals surface area (Å²) in [5.74, 6) is 6.04. The number of carbonyl (C=O) groups is 3. The van der Waals surface area contributed by atoms with Crippen LogP contribution in [0.3, 0.4) is 0 Å². The Morgan fingerprint density at radius 3 is 2.09 bits per heavy atom. The van der Waals surface area contributed by atoms with Crippen molar-refractivity contribution in [2.45, 2.75) is 137 Å². The molecule has 2 saturated carbocycles. The molecular weight excluding hydrogens is 556 g/mol. The molecule has 0 heterocycles. The van der Waals surface area contributed by atoms with Crippen molar-refractivity contribution < 1.29 is 24.6 Å². The highest BCUT2D eigenvalue weighted by molar-refractivity contribution is 5.83. The number of hydrazine groups is 1. The summed E-state index contributed by atoms with van der Waals surface area (Å²) < 4.78 is 0. The van der Waals surface area contributed by atoms with Crippen molar-refractivity contribution in [2.75, 3.05) is 26.2 Å². The first-order valence-corrected chi connectivity index (χ1v) is 17.4. The fourth-order valence-corrected chi connectivity index (χ4v) is 6.95. The summed E-state index contributed by atoms with van der Waals surface area (Å²) in [4.78, 5) is 42.0. The van der Waals surface area contributed by atoms with Gasteiger partial charge in [-0.15, -0.1) is 11.8 Å². The number of amides is 3. The van der Waals surface area contributed by atoms with Gasteiger partial charge in [0.1, 0.15) is 0 Å². The first-order chi connectivity index (χ1) is 21.0. The fraction of sp³-hybridized carbons (Fsp3) is 0.857. The Balaban J connectivity index is 2.23. The van der Waals surface area contributed by atoms with Crippen LogP contribution in [0.2, 0.25) is 0 Å². The zero-order chi connectivity index (χ0) is 32.6. The molecule has 0 saturated heterocycles. The van der Waals surface area contributed by atoms with E-state index in [2.05, 4.69) is 36.4 Å². The van der Waals surface area contributed by atoms with Crippen molar-refractivity contribution in [3.63, 3.8) is 0 Å². The van der Waals surface area contributed by atoms with Crippen LogP contribution in [0.5, 0.6) is 0 Å². The number of hydrogen-bond donors (Lipinski definition) is 4. The van der Waals surface area contributed by atoms with Crippen LogP contribution in [0.1, 0.15) is 119 Å². The van der Waals surface area contributed by atoms with Crippen LogP contribution in [0.4, 0.5) is 0 Å². The largest absolute Gasteiger partial charge is 0.393 e. The standard InChI is InChI=1S/C35H62N4O5/c1-7-11-27-20-28(23-29(21-27)35(44)38(16-8-2)17-9-3)34(43)36-31(22-26-12-14-30(40)15-13-26)32(41)24-39(18-10-4)37-33(42)19-25(5)6/h25-32,40-41H,8-10,12-24H2,1-6H3,(H,36,43)(H,37,42). The molecule has 9 heteroatoms. The van der Waals surface area contributed by atoms with Crippen LogP contribution >= 0.6 is 0 Å². The van der Waals surface area contributed by atoms with Gasteiger partial charge in [-0.05, 0) is 89.4 Å². The lowest BCUT2D eigenvalue weighted by Crippen LogP contribution is -2.54. The number of aliphatic hydroxyl groups excluding tert-OH is 2. The van der Waals surface area contributed by atoms with Gasteiger partial charge in [0.05, 0.1) is 18.2 Å². The molecule has 2 rings (SSSR count). The average molecular weight is 619 g/mol. The molecule has 4 N–H and O–H groups in total. The smallest absolute Gasteiger partial charge is 0.234 e. The van der Waals surface area contributed by atoms with Gasteiger partial charge >= 0.3 is 0 Å². The van der Waals surface area contributed by atoms with E-state index in [1.165, 1.54) is 0 Å². The second kappa shape index (κ2) is 20.1. The van der Waals surface area contributed by atoms with E-state index in [1.54, 1.807) is 11.9 Å². The molecule has 252 valence electrons. The number of rotatable bonds is 17. The Bertz CT molecular complexity index is 933. The number of carbonyl (C=O) groups excluding carboxylic acids is 3. The van der Waals surface area contributed by atoms with Gasteiger partial charge in [-0.3, -0.25) is 19.8 Å². The minimum atomic E-state index is -0.895. The molecule has 0 aromatic rings. The maximum absolute atomic E-state index is 13.9. The highest BCUT2D eigenvalue weighted by Gasteiger charge is 2.39. The molecule has 0 aromatic carbocycles. The molecule has 0 radical (unpaired) electrons. The minimum absolute atomic E-state index is 0.0250. The topological polar surface area (TPSA) is 122 Å². The molecule has 9 nitrogen and oxygen atoms in total. The molecule has 5 atom stereocenters. The van der Waals surface area contributed by atoms with E-state index in [0.717, 1.165) is 58.0 Å². The summed E-state index contributed by atoms with van der Waals surface area (Å²) in [7, 11) is 0. The van der Waals surface area contributed by atoms with Crippen LogP contribution in [0, 0.1) is 41.4 Å². The number of aliphatic hydroxyl groups is 2. The monoisotopic (exact) mass is 618 g/mol. The van der Waals surface area contributed by atoms with Crippen LogP contribution in [-0.2, 0) is 14.4 Å². The zero-order valence-electron chi connectivity index (χ0n) is 28.4. The van der Waals surface area contributed by atoms with E-state index in [0.29, 0.717) is 38.6 Å². The molecule has 0 bridgehead atoms. The molecule has 0 aliphatic heterocycles. The molecule has 2 fully saturated rings. The number of nitrogens with one attached hydrogen (secondary N) is 2. The predicted octanol–water partition coefficient (Wildman–Crippen LogP) is 4.27. The predicted molar refractivity (Wildman–Crippen MR) is 175 cm³/mol. The SMILES string of the molecule is CC#CC1CC(C(=O)NC(CC2CCC(O)CC2)C(O)CN(CCC)NC(=O)CC(C)C)CC(C(=O)N(CCC)CCC)C1. The third kappa shape index (κ3) is 13.1. The van der Waals surface area contributed by atoms with Gasteiger partial charge in [0.15, 0.2) is 0 Å². The second-order valence-electron chi connectivity index (χ2n) is 13.7. The lowest BCUT2D eigenvalue weighted by molar-refractivity contribution is -0.139. The van der Waals surface area contributed by atoms with Crippen molar-refractivity contribution in [1.29, 1.82) is 0 Å². The van der Waals surface area contributed by atoms with Crippen LogP contribution in [0.15, 0.2) is 0 Å². The fourth-order valence-electron chi connectivity index (χ4n) is 6.95. The molecule has 0 spiro atoms. The Labute approximate surface area is 267 Å². The Morgan fingerprint density at radius 1 is 0.909 bits per heavy atom. The normalized spacial score (nSPS) is 25.1. The minimum Gasteiger partial charge on any atom is -0.393 e. The second-order valence-corrected chi connectivity index (χ2v) is 13.7. The molecule has 5 unspecified atom stereocenters. The van der Waals surface area contributed by atoms with Crippen LogP contribution < -0.4 is 10.7 Å². The average Bonchev–Trinajstić information content (AvgIpc) is 2.97. The summed E-state index contributed by atoms with van der Waals surface area (Å²) in [6, 6.07) is -0.507. The maximum atomic E-state index is 13.9. The first kappa shape index (κ1) is 38.0. The molecule has 3 amide bonds. The van der Waals surface area contributed by atoms with Crippen molar-refractivity contribution in [1.82, 2.24) is 20.7 Å². The highest BCUT2D eigenvalue weighted by atomic mass is 16.3. The Hall–Kier alpha value is -2.15. The van der Waals surface area contributed by atoms with E-state index in [4.69, 9.17) is 0 Å². The molecule has 2 aliphatic carbocycles. The van der Waals surface area contributed by atoms with Crippen LogP contribution in [0.25, 0.3) is 0 Å². The van der Waals surface area contributed by atoms with Gasteiger partial charge in [0.2, 0.25) is 17.7 Å². The van der Waals surface area contributed by atoms with Gasteiger partial charge in [-0.2, -0.15) is 0 Å². The van der Waals surface area contributed by atoms with Gasteiger partial charge in [-0.1, -0.05) is 34.6 Å². The van der Waals surface area contributed by atoms with E-state index >= 15 is 0 Å². The third-order valence-electron chi connectivity index (χ3n) is 9.05. The molecule has 0 aromatic heterocycles. The quantitative estimate of drug-likeness (QED) is 0.143. The summed E-state index contributed by atoms with van der Waals surface area (Å²) >= 11 is 0. The van der Waals surface area contributed by atoms with Crippen LogP contribution in [-0.4, -0.2) is 82.3 Å². The summed E-state index contributed by atoms with van der Waals surface area (Å²) in [5.41, 5.74) is 2.96. The number of hydrogen-bond acceptors (Lipinski definition) is 6. The molecule has 44 heavy (non-hydrogen) atoms. The lowest BCUT2D eigenvalue weighted by atomic mass is 9.74. The van der Waals surface area contributed by atoms with E-state index < -0.39 is 12.1 Å². The number of nitrogens with zero attached hydrogens (tertiary/aromatic N) is 2. The van der Waals surface area contributed by atoms with Gasteiger partial charge < -0.3 is 20.4 Å². The van der Waals surface area contributed by atoms with Crippen molar-refractivity contribution >= 4 is 17.7 Å². The van der Waals surface area contributed by atoms with Crippen molar-refractivity contribution in [3.8, 4) is 11.8 Å². The van der Waals surface area contributed by atoms with Gasteiger partial charge in [0.25, 0.3) is 0 Å². The highest BCUT2D eigenvalue weighted by Crippen LogP contribution is 2.35. The van der Waals surface area contributed by atoms with Crippen molar-refractivity contribution in [3.05, 3.63) is 0 Å². The maximum Gasteiger partial charge on any atom is 0.234 e. The molecular formula is C35H62N4O5. The van der Waals surface area contributed by atoms with Gasteiger partial charge in [-0.25, -0.2) is 5.01 Å². The van der Waals surface area contributed by atoms with Crippen molar-refractivity contribution in [2.24, 2.45) is 29.6 Å². The van der Waals surface area contributed by atoms with E-state index in [-0.39, 0.29) is 60.0 Å². The van der Waals surface area contributed by atoms with E-state index in [9.17, 15) is 24.6 Å². The van der Waals surface area contributed by atoms with Gasteiger partial charge in [0, 0.05) is 50.4 Å². The lowest BCUT2D eigenvalue weighted by Gasteiger charge is -2.37.